The lowest BCUT2D eigenvalue weighted by Gasteiger charge is -2.48. The molecule has 29 heavy (non-hydrogen) atoms. The van der Waals surface area contributed by atoms with Gasteiger partial charge in [0.25, 0.3) is 5.91 Å². The molecule has 0 radical (unpaired) electrons. The molecule has 3 amide bonds. The lowest BCUT2D eigenvalue weighted by molar-refractivity contribution is -0.117. The number of nitrogens with one attached hydrogen (secondary N) is 1. The maximum Gasteiger partial charge on any atom is 0.257 e. The highest BCUT2D eigenvalue weighted by Crippen LogP contribution is 2.43. The van der Waals surface area contributed by atoms with Gasteiger partial charge in [-0.2, -0.15) is 0 Å². The van der Waals surface area contributed by atoms with Gasteiger partial charge >= 0.3 is 0 Å². The van der Waals surface area contributed by atoms with Crippen molar-refractivity contribution >= 4 is 40.7 Å². The van der Waals surface area contributed by atoms with Gasteiger partial charge in [0.05, 0.1) is 22.0 Å². The fourth-order valence-corrected chi connectivity index (χ4v) is 4.24. The molecule has 1 fully saturated rings. The van der Waals surface area contributed by atoms with Crippen molar-refractivity contribution in [2.45, 2.75) is 31.8 Å². The maximum absolute atomic E-state index is 14.0. The number of nitrogens with zero attached hydrogens (tertiary/aromatic N) is 2. The molecule has 2 aliphatic heterocycles. The number of fused-ring (bicyclic) bond motifs is 3. The summed E-state index contributed by atoms with van der Waals surface area (Å²) < 4.78 is 14.0. The van der Waals surface area contributed by atoms with Gasteiger partial charge in [0.2, 0.25) is 11.8 Å². The van der Waals surface area contributed by atoms with Crippen molar-refractivity contribution in [3.63, 3.8) is 0 Å². The lowest BCUT2D eigenvalue weighted by atomic mass is 9.98. The first-order valence-electron chi connectivity index (χ1n) is 9.31. The molecule has 4 rings (SSSR count). The Morgan fingerprint density at radius 3 is 2.76 bits per heavy atom. The van der Waals surface area contributed by atoms with Gasteiger partial charge in [0.1, 0.15) is 5.66 Å². The fraction of sp³-hybridized carbons (Fsp3) is 0.286. The topological polar surface area (TPSA) is 69.7 Å². The molecule has 1 atom stereocenters. The number of halogens is 2. The molecule has 1 saturated heterocycles. The van der Waals surface area contributed by atoms with Crippen LogP contribution >= 0.6 is 11.6 Å². The maximum atomic E-state index is 14.0. The third kappa shape index (κ3) is 3.15. The zero-order valence-corrected chi connectivity index (χ0v) is 16.5. The van der Waals surface area contributed by atoms with E-state index < -0.39 is 17.4 Å². The standard InChI is InChI=1S/C21H19ClFN3O3/c1-21-11-9-18(28)26(21)16-8-3-2-5-13(16)20(29)25(21)12-10-17(27)24-15-7-4-6-14(22)19(15)23/h2-8H,9-12H2,1H3,(H,24,27). The van der Waals surface area contributed by atoms with Crippen LogP contribution in [0, 0.1) is 5.82 Å². The molecule has 2 aromatic carbocycles. The molecule has 150 valence electrons. The van der Waals surface area contributed by atoms with Crippen molar-refractivity contribution in [2.75, 3.05) is 16.8 Å². The van der Waals surface area contributed by atoms with Crippen LogP contribution in [0.15, 0.2) is 42.5 Å². The van der Waals surface area contributed by atoms with Gasteiger partial charge in [-0.25, -0.2) is 4.39 Å². The minimum absolute atomic E-state index is 0.0123. The predicted molar refractivity (Wildman–Crippen MR) is 107 cm³/mol. The highest BCUT2D eigenvalue weighted by Gasteiger charge is 2.52. The molecule has 2 heterocycles. The Morgan fingerprint density at radius 1 is 1.21 bits per heavy atom. The van der Waals surface area contributed by atoms with Gasteiger partial charge in [0.15, 0.2) is 5.82 Å². The normalized spacial score (nSPS) is 20.5. The monoisotopic (exact) mass is 415 g/mol. The average Bonchev–Trinajstić information content (AvgIpc) is 3.01. The van der Waals surface area contributed by atoms with Gasteiger partial charge in [-0.1, -0.05) is 29.8 Å². The average molecular weight is 416 g/mol. The first-order valence-corrected chi connectivity index (χ1v) is 9.68. The molecule has 8 heteroatoms. The second-order valence-corrected chi connectivity index (χ2v) is 7.73. The van der Waals surface area contributed by atoms with E-state index >= 15 is 0 Å². The summed E-state index contributed by atoms with van der Waals surface area (Å²) in [5.74, 6) is -1.43. The number of benzene rings is 2. The third-order valence-corrected chi connectivity index (χ3v) is 5.83. The van der Waals surface area contributed by atoms with E-state index in [0.29, 0.717) is 24.1 Å². The second-order valence-electron chi connectivity index (χ2n) is 7.32. The number of anilines is 2. The van der Waals surface area contributed by atoms with Crippen LogP contribution in [0.3, 0.4) is 0 Å². The Balaban J connectivity index is 1.55. The number of carbonyl (C=O) groups is 3. The van der Waals surface area contributed by atoms with E-state index in [4.69, 9.17) is 11.6 Å². The Hall–Kier alpha value is -2.93. The van der Waals surface area contributed by atoms with Crippen LogP contribution in [0.5, 0.6) is 0 Å². The first kappa shape index (κ1) is 19.4. The zero-order valence-electron chi connectivity index (χ0n) is 15.7. The van der Waals surface area contributed by atoms with Gasteiger partial charge in [-0.3, -0.25) is 19.3 Å². The van der Waals surface area contributed by atoms with Gasteiger partial charge < -0.3 is 10.2 Å². The molecular weight excluding hydrogens is 397 g/mol. The molecular formula is C21H19ClFN3O3. The van der Waals surface area contributed by atoms with Crippen LogP contribution in [0.2, 0.25) is 5.02 Å². The summed E-state index contributed by atoms with van der Waals surface area (Å²) in [6.07, 6.45) is 0.766. The molecule has 2 aliphatic rings. The van der Waals surface area contributed by atoms with Crippen molar-refractivity contribution in [2.24, 2.45) is 0 Å². The number of para-hydroxylation sites is 1. The quantitative estimate of drug-likeness (QED) is 0.825. The molecule has 0 aliphatic carbocycles. The Bertz CT molecular complexity index is 1030. The molecule has 0 bridgehead atoms. The molecule has 2 aromatic rings. The Labute approximate surface area is 172 Å². The fourth-order valence-electron chi connectivity index (χ4n) is 4.07. The third-order valence-electron chi connectivity index (χ3n) is 5.53. The van der Waals surface area contributed by atoms with Gasteiger partial charge in [-0.05, 0) is 37.6 Å². The van der Waals surface area contributed by atoms with E-state index in [1.165, 1.54) is 18.2 Å². The molecule has 0 saturated carbocycles. The van der Waals surface area contributed by atoms with E-state index in [0.717, 1.165) is 0 Å². The Morgan fingerprint density at radius 2 is 1.97 bits per heavy atom. The van der Waals surface area contributed by atoms with E-state index in [-0.39, 0.29) is 35.5 Å². The molecule has 0 spiro atoms. The van der Waals surface area contributed by atoms with Crippen LogP contribution in [0.25, 0.3) is 0 Å². The van der Waals surface area contributed by atoms with Crippen LogP contribution in [0.1, 0.15) is 36.5 Å². The van der Waals surface area contributed by atoms with Gasteiger partial charge in [-0.15, -0.1) is 0 Å². The minimum atomic E-state index is -0.829. The summed E-state index contributed by atoms with van der Waals surface area (Å²) in [5.41, 5.74) is 0.191. The second kappa shape index (κ2) is 7.15. The lowest BCUT2D eigenvalue weighted by Crippen LogP contribution is -2.62. The smallest absolute Gasteiger partial charge is 0.257 e. The summed E-state index contributed by atoms with van der Waals surface area (Å²) in [7, 11) is 0. The van der Waals surface area contributed by atoms with E-state index in [1.807, 2.05) is 6.92 Å². The van der Waals surface area contributed by atoms with Crippen LogP contribution < -0.4 is 10.2 Å². The van der Waals surface area contributed by atoms with Crippen molar-refractivity contribution < 1.29 is 18.8 Å². The number of amides is 3. The van der Waals surface area contributed by atoms with E-state index in [2.05, 4.69) is 5.32 Å². The number of hydrogen-bond acceptors (Lipinski definition) is 3. The minimum Gasteiger partial charge on any atom is -0.323 e. The molecule has 1 unspecified atom stereocenters. The highest BCUT2D eigenvalue weighted by molar-refractivity contribution is 6.31. The van der Waals surface area contributed by atoms with Gasteiger partial charge in [0, 0.05) is 19.4 Å². The number of rotatable bonds is 4. The first-order chi connectivity index (χ1) is 13.8. The zero-order chi connectivity index (χ0) is 20.8. The summed E-state index contributed by atoms with van der Waals surface area (Å²) in [6.45, 7) is 1.93. The summed E-state index contributed by atoms with van der Waals surface area (Å²) >= 11 is 5.74. The highest BCUT2D eigenvalue weighted by atomic mass is 35.5. The van der Waals surface area contributed by atoms with Crippen LogP contribution in [-0.2, 0) is 9.59 Å². The molecule has 6 nitrogen and oxygen atoms in total. The summed E-state index contributed by atoms with van der Waals surface area (Å²) in [4.78, 5) is 41.3. The van der Waals surface area contributed by atoms with Crippen LogP contribution in [-0.4, -0.2) is 34.8 Å². The Kier molecular flexibility index (Phi) is 4.78. The predicted octanol–water partition coefficient (Wildman–Crippen LogP) is 3.81. The van der Waals surface area contributed by atoms with E-state index in [1.54, 1.807) is 34.1 Å². The molecule has 1 N–H and O–H groups in total. The van der Waals surface area contributed by atoms with Crippen molar-refractivity contribution in [1.29, 1.82) is 0 Å². The van der Waals surface area contributed by atoms with E-state index in [9.17, 15) is 18.8 Å². The van der Waals surface area contributed by atoms with Crippen molar-refractivity contribution in [1.82, 2.24) is 4.90 Å². The van der Waals surface area contributed by atoms with Crippen LogP contribution in [0.4, 0.5) is 15.8 Å². The molecule has 0 aromatic heterocycles. The van der Waals surface area contributed by atoms with Crippen molar-refractivity contribution in [3.05, 3.63) is 58.9 Å². The summed E-state index contributed by atoms with van der Waals surface area (Å²) in [5, 5.41) is 2.40. The SMILES string of the molecule is CC12CCC(=O)N1c1ccccc1C(=O)N2CCC(=O)Nc1cccc(Cl)c1F. The summed E-state index contributed by atoms with van der Waals surface area (Å²) in [6, 6.07) is 11.3. The number of carbonyl (C=O) groups excluding carboxylic acids is 3. The largest absolute Gasteiger partial charge is 0.323 e. The van der Waals surface area contributed by atoms with Crippen molar-refractivity contribution in [3.8, 4) is 0 Å². The number of hydrogen-bond donors (Lipinski definition) is 1.